The van der Waals surface area contributed by atoms with Crippen LogP contribution in [0.2, 0.25) is 0 Å². The van der Waals surface area contributed by atoms with E-state index in [2.05, 4.69) is 33.8 Å². The first-order valence-electron chi connectivity index (χ1n) is 8.09. The fraction of sp³-hybridized carbons (Fsp3) is 0.529. The molecule has 1 saturated heterocycles. The van der Waals surface area contributed by atoms with Gasteiger partial charge in [-0.05, 0) is 26.8 Å². The number of benzene rings is 1. The van der Waals surface area contributed by atoms with Crippen LogP contribution in [0.1, 0.15) is 43.2 Å². The van der Waals surface area contributed by atoms with E-state index in [0.29, 0.717) is 11.7 Å². The molecular formula is C17H23FN4O. The van der Waals surface area contributed by atoms with Crippen LogP contribution in [0.3, 0.4) is 0 Å². The largest absolute Gasteiger partial charge is 0.338 e. The van der Waals surface area contributed by atoms with Gasteiger partial charge in [-0.3, -0.25) is 9.80 Å². The van der Waals surface area contributed by atoms with Crippen LogP contribution in [0.25, 0.3) is 0 Å². The Labute approximate surface area is 136 Å². The van der Waals surface area contributed by atoms with Gasteiger partial charge in [0, 0.05) is 37.8 Å². The molecule has 0 bridgehead atoms. The van der Waals surface area contributed by atoms with E-state index in [-0.39, 0.29) is 17.9 Å². The van der Waals surface area contributed by atoms with Crippen LogP contribution in [0.15, 0.2) is 28.8 Å². The first-order chi connectivity index (χ1) is 11.1. The summed E-state index contributed by atoms with van der Waals surface area (Å²) in [5.74, 6) is 1.20. The Kier molecular flexibility index (Phi) is 4.73. The molecule has 1 aromatic heterocycles. The summed E-state index contributed by atoms with van der Waals surface area (Å²) in [4.78, 5) is 8.97. The molecule has 5 nitrogen and oxygen atoms in total. The predicted octanol–water partition coefficient (Wildman–Crippen LogP) is 2.96. The lowest BCUT2D eigenvalue weighted by Crippen LogP contribution is -2.47. The van der Waals surface area contributed by atoms with Crippen LogP contribution in [-0.4, -0.2) is 46.1 Å². The average Bonchev–Trinajstić information content (AvgIpc) is 3.01. The van der Waals surface area contributed by atoms with Crippen molar-refractivity contribution in [3.8, 4) is 0 Å². The van der Waals surface area contributed by atoms with Gasteiger partial charge in [-0.1, -0.05) is 23.4 Å². The molecule has 0 spiro atoms. The monoisotopic (exact) mass is 318 g/mol. The fourth-order valence-electron chi connectivity index (χ4n) is 3.16. The van der Waals surface area contributed by atoms with E-state index in [9.17, 15) is 4.39 Å². The first-order valence-corrected chi connectivity index (χ1v) is 8.09. The molecule has 0 unspecified atom stereocenters. The van der Waals surface area contributed by atoms with E-state index in [1.165, 1.54) is 6.07 Å². The third-order valence-electron chi connectivity index (χ3n) is 4.70. The molecule has 1 aliphatic heterocycles. The van der Waals surface area contributed by atoms with E-state index in [4.69, 9.17) is 4.52 Å². The summed E-state index contributed by atoms with van der Waals surface area (Å²) in [6.07, 6.45) is 0. The second-order valence-corrected chi connectivity index (χ2v) is 6.13. The van der Waals surface area contributed by atoms with Crippen molar-refractivity contribution in [1.29, 1.82) is 0 Å². The van der Waals surface area contributed by atoms with E-state index in [1.807, 2.05) is 19.1 Å². The van der Waals surface area contributed by atoms with E-state index < -0.39 is 0 Å². The highest BCUT2D eigenvalue weighted by atomic mass is 19.1. The second-order valence-electron chi connectivity index (χ2n) is 6.13. The number of aromatic nitrogens is 2. The maximum Gasteiger partial charge on any atom is 0.243 e. The van der Waals surface area contributed by atoms with Gasteiger partial charge in [-0.25, -0.2) is 4.39 Å². The summed E-state index contributed by atoms with van der Waals surface area (Å²) in [5, 5.41) is 3.86. The molecule has 23 heavy (non-hydrogen) atoms. The smallest absolute Gasteiger partial charge is 0.243 e. The molecule has 0 saturated carbocycles. The SMILES string of the molecule is Cc1noc([C@H](C)N2CCN([C@@H](C)c3ccccc3F)CC2)n1. The number of piperazine rings is 1. The zero-order valence-electron chi connectivity index (χ0n) is 13.9. The van der Waals surface area contributed by atoms with E-state index >= 15 is 0 Å². The molecule has 124 valence electrons. The Hall–Kier alpha value is -1.79. The zero-order valence-corrected chi connectivity index (χ0v) is 13.9. The first kappa shape index (κ1) is 16.1. The average molecular weight is 318 g/mol. The van der Waals surface area contributed by atoms with Crippen molar-refractivity contribution in [1.82, 2.24) is 19.9 Å². The third kappa shape index (κ3) is 3.43. The molecule has 2 atom stereocenters. The Morgan fingerprint density at radius 3 is 2.22 bits per heavy atom. The number of hydrogen-bond acceptors (Lipinski definition) is 5. The molecule has 0 amide bonds. The summed E-state index contributed by atoms with van der Waals surface area (Å²) < 4.78 is 19.2. The van der Waals surface area contributed by atoms with Crippen LogP contribution >= 0.6 is 0 Å². The van der Waals surface area contributed by atoms with Gasteiger partial charge in [0.25, 0.3) is 0 Å². The van der Waals surface area contributed by atoms with Crippen LogP contribution in [0, 0.1) is 12.7 Å². The van der Waals surface area contributed by atoms with Crippen LogP contribution in [-0.2, 0) is 0 Å². The van der Waals surface area contributed by atoms with Crippen molar-refractivity contribution in [3.05, 3.63) is 47.4 Å². The van der Waals surface area contributed by atoms with Gasteiger partial charge in [-0.2, -0.15) is 4.98 Å². The summed E-state index contributed by atoms with van der Waals surface area (Å²) >= 11 is 0. The van der Waals surface area contributed by atoms with Crippen molar-refractivity contribution in [3.63, 3.8) is 0 Å². The standard InChI is InChI=1S/C17H23FN4O/c1-12(15-6-4-5-7-16(15)18)21-8-10-22(11-9-21)13(2)17-19-14(3)20-23-17/h4-7,12-13H,8-11H2,1-3H3/t12-,13-/m0/s1. The molecule has 6 heteroatoms. The molecule has 0 N–H and O–H groups in total. The van der Waals surface area contributed by atoms with E-state index in [0.717, 1.165) is 31.7 Å². The molecule has 1 aliphatic rings. The van der Waals surface area contributed by atoms with Crippen molar-refractivity contribution < 1.29 is 8.91 Å². The molecular weight excluding hydrogens is 295 g/mol. The van der Waals surface area contributed by atoms with Gasteiger partial charge in [0.05, 0.1) is 6.04 Å². The lowest BCUT2D eigenvalue weighted by Gasteiger charge is -2.39. The number of hydrogen-bond donors (Lipinski definition) is 0. The van der Waals surface area contributed by atoms with Crippen LogP contribution in [0.4, 0.5) is 4.39 Å². The predicted molar refractivity (Wildman–Crippen MR) is 85.4 cm³/mol. The number of halogens is 1. The Morgan fingerprint density at radius 1 is 1.04 bits per heavy atom. The molecule has 3 rings (SSSR count). The van der Waals surface area contributed by atoms with E-state index in [1.54, 1.807) is 6.07 Å². The van der Waals surface area contributed by atoms with Crippen LogP contribution in [0.5, 0.6) is 0 Å². The van der Waals surface area contributed by atoms with Gasteiger partial charge in [0.2, 0.25) is 5.89 Å². The highest BCUT2D eigenvalue weighted by molar-refractivity contribution is 5.20. The lowest BCUT2D eigenvalue weighted by atomic mass is 10.1. The summed E-state index contributed by atoms with van der Waals surface area (Å²) in [5.41, 5.74) is 0.765. The number of aryl methyl sites for hydroxylation is 1. The summed E-state index contributed by atoms with van der Waals surface area (Å²) in [6.45, 7) is 9.58. The van der Waals surface area contributed by atoms with Gasteiger partial charge >= 0.3 is 0 Å². The summed E-state index contributed by atoms with van der Waals surface area (Å²) in [6, 6.07) is 7.22. The highest BCUT2D eigenvalue weighted by Crippen LogP contribution is 2.26. The lowest BCUT2D eigenvalue weighted by molar-refractivity contribution is 0.0669. The van der Waals surface area contributed by atoms with Crippen molar-refractivity contribution in [2.45, 2.75) is 32.9 Å². The van der Waals surface area contributed by atoms with Gasteiger partial charge in [-0.15, -0.1) is 0 Å². The molecule has 0 aliphatic carbocycles. The van der Waals surface area contributed by atoms with Gasteiger partial charge in [0.15, 0.2) is 5.82 Å². The number of rotatable bonds is 4. The Morgan fingerprint density at radius 2 is 1.65 bits per heavy atom. The molecule has 0 radical (unpaired) electrons. The van der Waals surface area contributed by atoms with Crippen molar-refractivity contribution in [2.75, 3.05) is 26.2 Å². The van der Waals surface area contributed by atoms with Crippen LogP contribution < -0.4 is 0 Å². The van der Waals surface area contributed by atoms with Crippen molar-refractivity contribution in [2.24, 2.45) is 0 Å². The Bertz CT molecular complexity index is 652. The maximum atomic E-state index is 14.0. The summed E-state index contributed by atoms with van der Waals surface area (Å²) in [7, 11) is 0. The minimum absolute atomic E-state index is 0.0827. The topological polar surface area (TPSA) is 45.4 Å². The zero-order chi connectivity index (χ0) is 16.4. The quantitative estimate of drug-likeness (QED) is 0.867. The minimum Gasteiger partial charge on any atom is -0.338 e. The second kappa shape index (κ2) is 6.76. The molecule has 1 fully saturated rings. The maximum absolute atomic E-state index is 14.0. The Balaban J connectivity index is 1.61. The third-order valence-corrected chi connectivity index (χ3v) is 4.70. The minimum atomic E-state index is -0.128. The van der Waals surface area contributed by atoms with Gasteiger partial charge in [0.1, 0.15) is 5.82 Å². The molecule has 1 aromatic carbocycles. The number of nitrogens with zero attached hydrogens (tertiary/aromatic N) is 4. The normalized spacial score (nSPS) is 19.7. The highest BCUT2D eigenvalue weighted by Gasteiger charge is 2.28. The fourth-order valence-corrected chi connectivity index (χ4v) is 3.16. The molecule has 2 heterocycles. The van der Waals surface area contributed by atoms with Gasteiger partial charge < -0.3 is 4.52 Å². The molecule has 2 aromatic rings. The van der Waals surface area contributed by atoms with Crippen molar-refractivity contribution >= 4 is 0 Å².